The van der Waals surface area contributed by atoms with E-state index >= 15 is 4.39 Å². The summed E-state index contributed by atoms with van der Waals surface area (Å²) < 4.78 is 55.0. The van der Waals surface area contributed by atoms with Crippen molar-refractivity contribution in [3.63, 3.8) is 0 Å². The Hall–Kier alpha value is -2.89. The number of aliphatic hydroxyl groups excluding tert-OH is 1. The summed E-state index contributed by atoms with van der Waals surface area (Å²) in [5, 5.41) is 10.3. The van der Waals surface area contributed by atoms with Crippen LogP contribution in [0.1, 0.15) is 11.6 Å². The van der Waals surface area contributed by atoms with E-state index in [1.165, 1.54) is 28.1 Å². The third kappa shape index (κ3) is 4.56. The number of ether oxygens (including phenoxy) is 1. The maximum absolute atomic E-state index is 15.9. The number of alkyl halides is 1. The Bertz CT molecular complexity index is 1710. The number of hydrogen-bond acceptors (Lipinski definition) is 15. The summed E-state index contributed by atoms with van der Waals surface area (Å²) >= 11 is 1.15. The summed E-state index contributed by atoms with van der Waals surface area (Å²) in [5.41, 5.74) is 11.0. The van der Waals surface area contributed by atoms with Crippen LogP contribution in [0, 0.1) is 5.92 Å². The summed E-state index contributed by atoms with van der Waals surface area (Å²) in [6.45, 7) is -0.253. The van der Waals surface area contributed by atoms with Crippen LogP contribution in [0.25, 0.3) is 22.3 Å². The number of halogens is 1. The van der Waals surface area contributed by atoms with Crippen molar-refractivity contribution in [2.45, 2.75) is 41.5 Å². The Labute approximate surface area is 235 Å². The molecule has 0 radical (unpaired) electrons. The van der Waals surface area contributed by atoms with Crippen LogP contribution in [-0.4, -0.2) is 86.8 Å². The first kappa shape index (κ1) is 27.0. The smallest absolute Gasteiger partial charge is 0.386 e. The second-order valence-electron chi connectivity index (χ2n) is 9.47. The number of thioether (sulfide) groups is 1. The molecule has 7 rings (SSSR count). The van der Waals surface area contributed by atoms with Gasteiger partial charge in [0.15, 0.2) is 41.1 Å². The van der Waals surface area contributed by atoms with Gasteiger partial charge in [-0.05, 0) is 6.16 Å². The lowest BCUT2D eigenvalue weighted by Crippen LogP contribution is -2.34. The molecule has 0 spiro atoms. The van der Waals surface area contributed by atoms with Crippen molar-refractivity contribution in [1.29, 1.82) is 0 Å². The minimum absolute atomic E-state index is 0.0335. The number of aliphatic hydroxyl groups is 1. The van der Waals surface area contributed by atoms with Crippen LogP contribution in [0.15, 0.2) is 23.8 Å². The number of nitrogens with two attached hydrogens (primary N) is 2. The fraction of sp³-hybridized carbons (Fsp3) is 0.500. The van der Waals surface area contributed by atoms with Crippen molar-refractivity contribution in [3.05, 3.63) is 29.3 Å². The number of hydrogen-bond donors (Lipinski definition) is 4. The Morgan fingerprint density at radius 3 is 2.83 bits per heavy atom. The molecule has 216 valence electrons. The molecule has 0 aromatic carbocycles. The summed E-state index contributed by atoms with van der Waals surface area (Å²) in [4.78, 5) is 35.2. The number of nitrogen functional groups attached to an aromatic ring is 2. The van der Waals surface area contributed by atoms with E-state index in [0.29, 0.717) is 11.2 Å². The lowest BCUT2D eigenvalue weighted by molar-refractivity contribution is -0.0398. The van der Waals surface area contributed by atoms with E-state index in [9.17, 15) is 14.5 Å². The molecule has 6 N–H and O–H groups in total. The fourth-order valence-electron chi connectivity index (χ4n) is 5.13. The average Bonchev–Trinajstić information content (AvgIpc) is 3.69. The second kappa shape index (κ2) is 10.4. The molecule has 3 aliphatic rings. The summed E-state index contributed by atoms with van der Waals surface area (Å²) in [6.07, 6.45) is -1.54. The standard InChI is InChI=1S/C20H21FN10O7P2S/c21-8-6-2-39-37-19-11(32)12(18(41-19)31-5-27-10-15(31)28-20(23)29-16(10)33)38-40(34)35-1-7(6)36-17(8)30-4-26-9-13(22)24-3-25-14(9)30/h3-8,11-12,17-19,32,39H,1-2H2,(H4-,22,23,24,25,28,29,33)/p+1/t6-,7-,8+,11+,12-,17-,18-,19?/m1/s1. The predicted molar refractivity (Wildman–Crippen MR) is 144 cm³/mol. The van der Waals surface area contributed by atoms with Gasteiger partial charge < -0.3 is 25.8 Å². The van der Waals surface area contributed by atoms with Gasteiger partial charge in [0.25, 0.3) is 5.56 Å². The van der Waals surface area contributed by atoms with E-state index in [2.05, 4.69) is 29.9 Å². The maximum Gasteiger partial charge on any atom is 0.697 e. The molecule has 3 unspecified atom stereocenters. The number of anilines is 2. The molecular weight excluding hydrogens is 605 g/mol. The van der Waals surface area contributed by atoms with Crippen LogP contribution >= 0.6 is 28.8 Å². The Morgan fingerprint density at radius 1 is 1.17 bits per heavy atom. The zero-order chi connectivity index (χ0) is 28.4. The zero-order valence-corrected chi connectivity index (χ0v) is 23.4. The lowest BCUT2D eigenvalue weighted by Gasteiger charge is -2.20. The Morgan fingerprint density at radius 2 is 1.98 bits per heavy atom. The highest BCUT2D eigenvalue weighted by Gasteiger charge is 2.53. The number of nitrogens with zero attached hydrogens (tertiary/aromatic N) is 7. The normalized spacial score (nSPS) is 34.1. The Kier molecular flexibility index (Phi) is 6.86. The number of aromatic amines is 1. The third-order valence-electron chi connectivity index (χ3n) is 7.10. The monoisotopic (exact) mass is 627 g/mol. The fourth-order valence-corrected chi connectivity index (χ4v) is 8.73. The lowest BCUT2D eigenvalue weighted by atomic mass is 10.0. The first-order valence-corrected chi connectivity index (χ1v) is 15.4. The van der Waals surface area contributed by atoms with Gasteiger partial charge in [-0.15, -0.1) is 9.05 Å². The molecule has 7 heterocycles. The summed E-state index contributed by atoms with van der Waals surface area (Å²) in [7, 11) is -3.03. The average molecular weight is 627 g/mol. The minimum Gasteiger partial charge on any atom is -0.386 e. The van der Waals surface area contributed by atoms with E-state index in [-0.39, 0.29) is 44.5 Å². The van der Waals surface area contributed by atoms with Crippen LogP contribution in [0.5, 0.6) is 0 Å². The van der Waals surface area contributed by atoms with Gasteiger partial charge in [-0.1, -0.05) is 11.8 Å². The SMILES string of the molecule is Nc1nc2c(ncn2[C@@H]2SC3OPC[C@H]4[C@H](F)[C@H](n5cnc6c(N)ncnc65)O[C@@H]4CO[P+](=O)O[C@@H]2[C@@H]3O)c(=O)[nH]1. The molecule has 0 aliphatic carbocycles. The van der Waals surface area contributed by atoms with Crippen LogP contribution in [0.4, 0.5) is 16.2 Å². The molecule has 4 aromatic heterocycles. The van der Waals surface area contributed by atoms with Crippen molar-refractivity contribution < 1.29 is 32.4 Å². The first-order chi connectivity index (χ1) is 19.8. The number of nitrogens with one attached hydrogen (secondary N) is 1. The molecule has 41 heavy (non-hydrogen) atoms. The van der Waals surface area contributed by atoms with Crippen molar-refractivity contribution >= 4 is 62.9 Å². The topological polar surface area (TPSA) is 233 Å². The molecule has 17 nitrogen and oxygen atoms in total. The van der Waals surface area contributed by atoms with Crippen LogP contribution in [0.2, 0.25) is 0 Å². The van der Waals surface area contributed by atoms with Crippen molar-refractivity contribution in [2.24, 2.45) is 5.92 Å². The van der Waals surface area contributed by atoms with Gasteiger partial charge in [-0.3, -0.25) is 18.9 Å². The largest absolute Gasteiger partial charge is 0.697 e. The molecule has 0 saturated carbocycles. The van der Waals surface area contributed by atoms with Gasteiger partial charge in [0.1, 0.15) is 35.4 Å². The number of imidazole rings is 2. The Balaban J connectivity index is 1.14. The minimum atomic E-state index is -2.80. The van der Waals surface area contributed by atoms with Gasteiger partial charge in [-0.25, -0.2) is 24.3 Å². The number of aromatic nitrogens is 8. The maximum atomic E-state index is 15.9. The van der Waals surface area contributed by atoms with E-state index in [1.807, 2.05) is 0 Å². The molecule has 4 aromatic rings. The van der Waals surface area contributed by atoms with Crippen molar-refractivity contribution in [2.75, 3.05) is 24.2 Å². The summed E-state index contributed by atoms with van der Waals surface area (Å²) in [5.74, 6) is -0.672. The highest BCUT2D eigenvalue weighted by Crippen LogP contribution is 2.51. The van der Waals surface area contributed by atoms with E-state index in [0.717, 1.165) is 11.8 Å². The van der Waals surface area contributed by atoms with Crippen LogP contribution < -0.4 is 17.0 Å². The molecule has 3 saturated heterocycles. The molecular formula is C20H22FN10O7P2S+. The number of rotatable bonds is 2. The molecule has 21 heteroatoms. The number of H-pyrrole nitrogens is 1. The van der Waals surface area contributed by atoms with Crippen molar-refractivity contribution in [3.8, 4) is 0 Å². The van der Waals surface area contributed by atoms with Crippen LogP contribution in [-0.2, 0) is 22.9 Å². The van der Waals surface area contributed by atoms with E-state index in [4.69, 9.17) is 29.8 Å². The zero-order valence-electron chi connectivity index (χ0n) is 20.7. The highest BCUT2D eigenvalue weighted by molar-refractivity contribution is 8.00. The van der Waals surface area contributed by atoms with Gasteiger partial charge in [0, 0.05) is 19.3 Å². The van der Waals surface area contributed by atoms with Gasteiger partial charge in [0.2, 0.25) is 5.95 Å². The molecule has 3 fully saturated rings. The first-order valence-electron chi connectivity index (χ1n) is 12.2. The molecule has 10 atom stereocenters. The van der Waals surface area contributed by atoms with E-state index < -0.39 is 61.3 Å². The van der Waals surface area contributed by atoms with Crippen molar-refractivity contribution in [1.82, 2.24) is 39.0 Å². The van der Waals surface area contributed by atoms with Gasteiger partial charge in [-0.2, -0.15) is 4.98 Å². The van der Waals surface area contributed by atoms with E-state index in [1.54, 1.807) is 0 Å². The predicted octanol–water partition coefficient (Wildman–Crippen LogP) is 0.591. The second-order valence-corrected chi connectivity index (χ2v) is 12.5. The van der Waals surface area contributed by atoms with Crippen LogP contribution in [0.3, 0.4) is 0 Å². The highest BCUT2D eigenvalue weighted by atomic mass is 32.2. The number of fused-ring (bicyclic) bond motifs is 5. The molecule has 2 bridgehead atoms. The quantitative estimate of drug-likeness (QED) is 0.223. The van der Waals surface area contributed by atoms with Gasteiger partial charge in [0.05, 0.1) is 18.8 Å². The summed E-state index contributed by atoms with van der Waals surface area (Å²) in [6, 6.07) is 0. The third-order valence-corrected chi connectivity index (χ3v) is 10.5. The van der Waals surface area contributed by atoms with Gasteiger partial charge >= 0.3 is 8.25 Å². The molecule has 0 amide bonds. The molecule has 3 aliphatic heterocycles.